The van der Waals surface area contributed by atoms with Crippen LogP contribution < -0.4 is 0 Å². The second-order valence-electron chi connectivity index (χ2n) is 4.07. The van der Waals surface area contributed by atoms with E-state index in [1.54, 1.807) is 0 Å². The SMILES string of the molecule is CCc1c(C(C)C)[nH]c2ccccc12. The lowest BCUT2D eigenvalue weighted by Crippen LogP contribution is -1.92. The zero-order chi connectivity index (χ0) is 10.1. The third kappa shape index (κ3) is 1.33. The molecule has 1 aromatic heterocycles. The van der Waals surface area contributed by atoms with E-state index in [9.17, 15) is 0 Å². The lowest BCUT2D eigenvalue weighted by Gasteiger charge is -2.04. The van der Waals surface area contributed by atoms with Crippen LogP contribution in [0, 0.1) is 0 Å². The number of hydrogen-bond donors (Lipinski definition) is 1. The number of H-pyrrole nitrogens is 1. The molecule has 0 amide bonds. The highest BCUT2D eigenvalue weighted by Crippen LogP contribution is 2.27. The van der Waals surface area contributed by atoms with Gasteiger partial charge >= 0.3 is 0 Å². The molecule has 0 saturated carbocycles. The van der Waals surface area contributed by atoms with E-state index in [0.29, 0.717) is 5.92 Å². The number of nitrogens with one attached hydrogen (secondary N) is 1. The van der Waals surface area contributed by atoms with Gasteiger partial charge in [0.2, 0.25) is 0 Å². The predicted molar refractivity (Wildman–Crippen MR) is 61.8 cm³/mol. The molecule has 0 aliphatic carbocycles. The molecule has 2 rings (SSSR count). The number of aromatic nitrogens is 1. The molecule has 1 nitrogen and oxygen atoms in total. The van der Waals surface area contributed by atoms with E-state index in [1.165, 1.54) is 22.2 Å². The average molecular weight is 187 g/mol. The molecule has 1 heterocycles. The molecule has 0 aliphatic rings. The van der Waals surface area contributed by atoms with Gasteiger partial charge in [0.1, 0.15) is 0 Å². The predicted octanol–water partition coefficient (Wildman–Crippen LogP) is 3.85. The molecule has 0 atom stereocenters. The van der Waals surface area contributed by atoms with Gasteiger partial charge in [0.15, 0.2) is 0 Å². The minimum absolute atomic E-state index is 0.581. The second-order valence-corrected chi connectivity index (χ2v) is 4.07. The number of fused-ring (bicyclic) bond motifs is 1. The van der Waals surface area contributed by atoms with Crippen LogP contribution in [0.3, 0.4) is 0 Å². The minimum Gasteiger partial charge on any atom is -0.358 e. The second kappa shape index (κ2) is 3.49. The van der Waals surface area contributed by atoms with Crippen molar-refractivity contribution in [1.82, 2.24) is 4.98 Å². The van der Waals surface area contributed by atoms with Crippen molar-refractivity contribution in [2.75, 3.05) is 0 Å². The molecule has 0 saturated heterocycles. The molecule has 74 valence electrons. The fourth-order valence-corrected chi connectivity index (χ4v) is 2.09. The van der Waals surface area contributed by atoms with Crippen molar-refractivity contribution in [3.05, 3.63) is 35.5 Å². The van der Waals surface area contributed by atoms with Gasteiger partial charge in [0.05, 0.1) is 0 Å². The number of rotatable bonds is 2. The van der Waals surface area contributed by atoms with Crippen LogP contribution in [0.1, 0.15) is 37.9 Å². The molecule has 0 spiro atoms. The van der Waals surface area contributed by atoms with Crippen molar-refractivity contribution in [2.45, 2.75) is 33.1 Å². The van der Waals surface area contributed by atoms with Gasteiger partial charge in [0, 0.05) is 16.6 Å². The zero-order valence-electron chi connectivity index (χ0n) is 9.09. The van der Waals surface area contributed by atoms with Crippen molar-refractivity contribution < 1.29 is 0 Å². The summed E-state index contributed by atoms with van der Waals surface area (Å²) in [6.07, 6.45) is 1.11. The summed E-state index contributed by atoms with van der Waals surface area (Å²) in [5.74, 6) is 0.581. The first-order valence-electron chi connectivity index (χ1n) is 5.33. The Kier molecular flexibility index (Phi) is 2.32. The summed E-state index contributed by atoms with van der Waals surface area (Å²) in [4.78, 5) is 3.51. The largest absolute Gasteiger partial charge is 0.358 e. The first-order chi connectivity index (χ1) is 6.74. The molecule has 0 bridgehead atoms. The van der Waals surface area contributed by atoms with Crippen LogP contribution in [0.4, 0.5) is 0 Å². The van der Waals surface area contributed by atoms with E-state index >= 15 is 0 Å². The van der Waals surface area contributed by atoms with Gasteiger partial charge in [0.25, 0.3) is 0 Å². The van der Waals surface area contributed by atoms with Crippen LogP contribution in [0.2, 0.25) is 0 Å². The summed E-state index contributed by atoms with van der Waals surface area (Å²) in [6, 6.07) is 8.55. The van der Waals surface area contributed by atoms with Gasteiger partial charge in [-0.25, -0.2) is 0 Å². The Hall–Kier alpha value is -1.24. The van der Waals surface area contributed by atoms with Crippen molar-refractivity contribution >= 4 is 10.9 Å². The highest BCUT2D eigenvalue weighted by Gasteiger charge is 2.11. The standard InChI is InChI=1S/C13H17N/c1-4-10-11-7-5-6-8-12(11)14-13(10)9(2)3/h5-9,14H,4H2,1-3H3. The normalized spacial score (nSPS) is 11.4. The summed E-state index contributed by atoms with van der Waals surface area (Å²) < 4.78 is 0. The monoisotopic (exact) mass is 187 g/mol. The topological polar surface area (TPSA) is 15.8 Å². The Morgan fingerprint density at radius 2 is 1.93 bits per heavy atom. The Morgan fingerprint density at radius 3 is 2.57 bits per heavy atom. The molecule has 14 heavy (non-hydrogen) atoms. The summed E-state index contributed by atoms with van der Waals surface area (Å²) in [5, 5.41) is 1.39. The molecular weight excluding hydrogens is 170 g/mol. The maximum absolute atomic E-state index is 3.51. The Bertz CT molecular complexity index is 437. The van der Waals surface area contributed by atoms with Crippen molar-refractivity contribution in [1.29, 1.82) is 0 Å². The first kappa shape index (κ1) is 9.32. The van der Waals surface area contributed by atoms with Crippen molar-refractivity contribution in [2.24, 2.45) is 0 Å². The van der Waals surface area contributed by atoms with Crippen molar-refractivity contribution in [3.63, 3.8) is 0 Å². The molecule has 1 aromatic carbocycles. The van der Waals surface area contributed by atoms with Gasteiger partial charge < -0.3 is 4.98 Å². The van der Waals surface area contributed by atoms with Crippen LogP contribution in [-0.2, 0) is 6.42 Å². The molecule has 1 N–H and O–H groups in total. The van der Waals surface area contributed by atoms with E-state index < -0.39 is 0 Å². The summed E-state index contributed by atoms with van der Waals surface area (Å²) in [6.45, 7) is 6.70. The highest BCUT2D eigenvalue weighted by atomic mass is 14.7. The molecular formula is C13H17N. The third-order valence-electron chi connectivity index (χ3n) is 2.78. The number of aromatic amines is 1. The summed E-state index contributed by atoms with van der Waals surface area (Å²) in [5.41, 5.74) is 4.15. The minimum atomic E-state index is 0.581. The van der Waals surface area contributed by atoms with Gasteiger partial charge in [-0.15, -0.1) is 0 Å². The first-order valence-corrected chi connectivity index (χ1v) is 5.33. The molecule has 0 radical (unpaired) electrons. The molecule has 0 unspecified atom stereocenters. The summed E-state index contributed by atoms with van der Waals surface area (Å²) >= 11 is 0. The van der Waals surface area contributed by atoms with Gasteiger partial charge in [-0.3, -0.25) is 0 Å². The Morgan fingerprint density at radius 1 is 1.21 bits per heavy atom. The van der Waals surface area contributed by atoms with E-state index in [0.717, 1.165) is 6.42 Å². The van der Waals surface area contributed by atoms with E-state index in [1.807, 2.05) is 0 Å². The fourth-order valence-electron chi connectivity index (χ4n) is 2.09. The molecule has 2 aromatic rings. The molecule has 1 heteroatoms. The van der Waals surface area contributed by atoms with Crippen LogP contribution in [0.5, 0.6) is 0 Å². The molecule has 0 aliphatic heterocycles. The van der Waals surface area contributed by atoms with Gasteiger partial charge in [-0.2, -0.15) is 0 Å². The number of benzene rings is 1. The number of aryl methyl sites for hydroxylation is 1. The zero-order valence-corrected chi connectivity index (χ0v) is 9.09. The highest BCUT2D eigenvalue weighted by molar-refractivity contribution is 5.84. The fraction of sp³-hybridized carbons (Fsp3) is 0.385. The Labute approximate surface area is 85.1 Å². The quantitative estimate of drug-likeness (QED) is 0.735. The third-order valence-corrected chi connectivity index (χ3v) is 2.78. The lowest BCUT2D eigenvalue weighted by atomic mass is 10.0. The maximum Gasteiger partial charge on any atom is 0.0459 e. The van der Waals surface area contributed by atoms with E-state index in [2.05, 4.69) is 50.0 Å². The van der Waals surface area contributed by atoms with Crippen molar-refractivity contribution in [3.8, 4) is 0 Å². The van der Waals surface area contributed by atoms with Crippen LogP contribution in [0.25, 0.3) is 10.9 Å². The van der Waals surface area contributed by atoms with Gasteiger partial charge in [-0.1, -0.05) is 39.0 Å². The van der Waals surface area contributed by atoms with E-state index in [-0.39, 0.29) is 0 Å². The molecule has 0 fully saturated rings. The summed E-state index contributed by atoms with van der Waals surface area (Å²) in [7, 11) is 0. The number of hydrogen-bond acceptors (Lipinski definition) is 0. The van der Waals surface area contributed by atoms with Gasteiger partial charge in [-0.05, 0) is 24.0 Å². The van der Waals surface area contributed by atoms with Crippen LogP contribution in [0.15, 0.2) is 24.3 Å². The Balaban J connectivity index is 2.72. The number of para-hydroxylation sites is 1. The van der Waals surface area contributed by atoms with E-state index in [4.69, 9.17) is 0 Å². The lowest BCUT2D eigenvalue weighted by molar-refractivity contribution is 0.818. The van der Waals surface area contributed by atoms with Crippen LogP contribution >= 0.6 is 0 Å². The van der Waals surface area contributed by atoms with Crippen LogP contribution in [-0.4, -0.2) is 4.98 Å². The maximum atomic E-state index is 3.51. The average Bonchev–Trinajstić information content (AvgIpc) is 2.56. The smallest absolute Gasteiger partial charge is 0.0459 e.